The van der Waals surface area contributed by atoms with Gasteiger partial charge in [0.15, 0.2) is 0 Å². The normalized spacial score (nSPS) is 15.5. The molecule has 0 aliphatic carbocycles. The first kappa shape index (κ1) is 18.2. The highest BCUT2D eigenvalue weighted by molar-refractivity contribution is 7.18. The monoisotopic (exact) mass is 411 g/mol. The van der Waals surface area contributed by atoms with Crippen molar-refractivity contribution < 1.29 is 4.79 Å². The van der Waals surface area contributed by atoms with Crippen LogP contribution in [0.4, 0.5) is 10.8 Å². The maximum atomic E-state index is 12.9. The molecule has 2 heterocycles. The van der Waals surface area contributed by atoms with Crippen molar-refractivity contribution in [2.24, 2.45) is 4.99 Å². The molecule has 0 spiro atoms. The fourth-order valence-corrected chi connectivity index (χ4v) is 4.05. The average Bonchev–Trinajstić information content (AvgIpc) is 3.21. The number of amides is 1. The first-order valence-corrected chi connectivity index (χ1v) is 10.3. The fourth-order valence-electron chi connectivity index (χ4n) is 3.28. The number of hydrogen-bond acceptors (Lipinski definition) is 6. The smallest absolute Gasteiger partial charge is 0.269 e. The number of nitrogens with zero attached hydrogens (tertiary/aromatic N) is 3. The number of aromatic nitrogens is 2. The highest BCUT2D eigenvalue weighted by Gasteiger charge is 2.26. The van der Waals surface area contributed by atoms with E-state index in [0.29, 0.717) is 5.13 Å². The summed E-state index contributed by atoms with van der Waals surface area (Å²) in [5.41, 5.74) is 4.28. The highest BCUT2D eigenvalue weighted by Crippen LogP contribution is 2.28. The SMILES string of the molecule is O=C1Nc2ccccc2C(c2ccccc2)=NC1Nc1nnc(-c2ccccc2)s1. The van der Waals surface area contributed by atoms with E-state index in [0.717, 1.165) is 33.1 Å². The summed E-state index contributed by atoms with van der Waals surface area (Å²) in [6.45, 7) is 0. The highest BCUT2D eigenvalue weighted by atomic mass is 32.1. The van der Waals surface area contributed by atoms with Gasteiger partial charge >= 0.3 is 0 Å². The van der Waals surface area contributed by atoms with Crippen molar-refractivity contribution in [3.8, 4) is 10.6 Å². The van der Waals surface area contributed by atoms with Crippen molar-refractivity contribution in [1.82, 2.24) is 10.2 Å². The van der Waals surface area contributed by atoms with Gasteiger partial charge in [0.2, 0.25) is 11.3 Å². The molecule has 1 aliphatic rings. The van der Waals surface area contributed by atoms with Crippen molar-refractivity contribution in [2.45, 2.75) is 6.17 Å². The van der Waals surface area contributed by atoms with E-state index in [9.17, 15) is 4.79 Å². The number of nitrogens with one attached hydrogen (secondary N) is 2. The molecule has 0 radical (unpaired) electrons. The number of carbonyl (C=O) groups is 1. The number of rotatable bonds is 4. The molecule has 7 heteroatoms. The van der Waals surface area contributed by atoms with E-state index >= 15 is 0 Å². The first-order valence-electron chi connectivity index (χ1n) is 9.47. The number of anilines is 2. The minimum Gasteiger partial charge on any atom is -0.331 e. The van der Waals surface area contributed by atoms with Crippen molar-refractivity contribution in [3.63, 3.8) is 0 Å². The van der Waals surface area contributed by atoms with E-state index in [1.807, 2.05) is 84.9 Å². The van der Waals surface area contributed by atoms with Crippen LogP contribution in [0.3, 0.4) is 0 Å². The third-order valence-electron chi connectivity index (χ3n) is 4.70. The summed E-state index contributed by atoms with van der Waals surface area (Å²) in [5.74, 6) is -0.246. The zero-order valence-corrected chi connectivity index (χ0v) is 16.6. The number of fused-ring (bicyclic) bond motifs is 1. The number of carbonyl (C=O) groups excluding carboxylic acids is 1. The lowest BCUT2D eigenvalue weighted by Crippen LogP contribution is -2.32. The Balaban J connectivity index is 1.51. The molecule has 1 amide bonds. The Morgan fingerprint density at radius 2 is 1.47 bits per heavy atom. The van der Waals surface area contributed by atoms with Crippen LogP contribution in [0.5, 0.6) is 0 Å². The molecular formula is C23H17N5OS. The Bertz CT molecular complexity index is 1220. The minimum absolute atomic E-state index is 0.246. The largest absolute Gasteiger partial charge is 0.331 e. The van der Waals surface area contributed by atoms with Gasteiger partial charge in [-0.15, -0.1) is 10.2 Å². The Kier molecular flexibility index (Phi) is 4.78. The van der Waals surface area contributed by atoms with Gasteiger partial charge < -0.3 is 10.6 Å². The number of benzene rings is 3. The first-order chi connectivity index (χ1) is 14.8. The average molecular weight is 411 g/mol. The summed E-state index contributed by atoms with van der Waals surface area (Å²) in [6, 6.07) is 27.3. The van der Waals surface area contributed by atoms with Crippen LogP contribution < -0.4 is 10.6 Å². The zero-order valence-electron chi connectivity index (χ0n) is 15.8. The van der Waals surface area contributed by atoms with E-state index in [-0.39, 0.29) is 5.91 Å². The van der Waals surface area contributed by atoms with Gasteiger partial charge in [0, 0.05) is 16.7 Å². The topological polar surface area (TPSA) is 79.3 Å². The van der Waals surface area contributed by atoms with E-state index in [1.54, 1.807) is 0 Å². The fraction of sp³-hybridized carbons (Fsp3) is 0.0435. The van der Waals surface area contributed by atoms with Gasteiger partial charge in [-0.2, -0.15) is 0 Å². The Hall–Kier alpha value is -3.84. The summed E-state index contributed by atoms with van der Waals surface area (Å²) < 4.78 is 0. The Morgan fingerprint density at radius 3 is 2.23 bits per heavy atom. The van der Waals surface area contributed by atoms with Crippen LogP contribution in [0.1, 0.15) is 11.1 Å². The molecule has 0 fully saturated rings. The maximum Gasteiger partial charge on any atom is 0.269 e. The predicted octanol–water partition coefficient (Wildman–Crippen LogP) is 4.43. The van der Waals surface area contributed by atoms with E-state index in [4.69, 9.17) is 4.99 Å². The molecule has 5 rings (SSSR count). The van der Waals surface area contributed by atoms with Gasteiger partial charge in [0.25, 0.3) is 5.91 Å². The molecule has 0 saturated heterocycles. The maximum absolute atomic E-state index is 12.9. The molecule has 1 aromatic heterocycles. The summed E-state index contributed by atoms with van der Waals surface area (Å²) in [4.78, 5) is 17.7. The second-order valence-corrected chi connectivity index (χ2v) is 7.68. The number of para-hydroxylation sites is 1. The molecule has 1 unspecified atom stereocenters. The molecule has 30 heavy (non-hydrogen) atoms. The van der Waals surface area contributed by atoms with Gasteiger partial charge in [-0.05, 0) is 6.07 Å². The van der Waals surface area contributed by atoms with Gasteiger partial charge in [-0.3, -0.25) is 4.79 Å². The Labute approximate surface area is 177 Å². The molecule has 4 aromatic rings. The molecule has 146 valence electrons. The van der Waals surface area contributed by atoms with Gasteiger partial charge in [-0.25, -0.2) is 4.99 Å². The van der Waals surface area contributed by atoms with Crippen LogP contribution in [0, 0.1) is 0 Å². The molecule has 6 nitrogen and oxygen atoms in total. The van der Waals surface area contributed by atoms with Crippen molar-refractivity contribution in [3.05, 3.63) is 96.1 Å². The number of hydrogen-bond donors (Lipinski definition) is 2. The van der Waals surface area contributed by atoms with E-state index in [2.05, 4.69) is 20.8 Å². The quantitative estimate of drug-likeness (QED) is 0.521. The zero-order chi connectivity index (χ0) is 20.3. The second-order valence-electron chi connectivity index (χ2n) is 6.70. The van der Waals surface area contributed by atoms with Crippen LogP contribution >= 0.6 is 11.3 Å². The van der Waals surface area contributed by atoms with Crippen molar-refractivity contribution >= 4 is 33.8 Å². The van der Waals surface area contributed by atoms with E-state index < -0.39 is 6.17 Å². The van der Waals surface area contributed by atoms with Crippen LogP contribution in [-0.2, 0) is 4.79 Å². The van der Waals surface area contributed by atoms with Gasteiger partial charge in [0.1, 0.15) is 5.01 Å². The summed E-state index contributed by atoms with van der Waals surface area (Å²) >= 11 is 1.39. The molecule has 2 N–H and O–H groups in total. The van der Waals surface area contributed by atoms with Crippen LogP contribution in [-0.4, -0.2) is 28.0 Å². The lowest BCUT2D eigenvalue weighted by Gasteiger charge is -2.11. The molecule has 3 aromatic carbocycles. The van der Waals surface area contributed by atoms with Gasteiger partial charge in [0.05, 0.1) is 11.4 Å². The standard InChI is InChI=1S/C23H17N5OS/c29-21-20(26-23-28-27-22(30-23)16-11-5-2-6-12-16)25-19(15-9-3-1-4-10-15)17-13-7-8-14-18(17)24-21/h1-14,20H,(H,24,29)(H,26,28). The molecule has 1 atom stereocenters. The number of benzodiazepines with no additional fused rings is 1. The second kappa shape index (κ2) is 7.88. The molecule has 0 bridgehead atoms. The summed E-state index contributed by atoms with van der Waals surface area (Å²) in [7, 11) is 0. The van der Waals surface area contributed by atoms with Crippen LogP contribution in [0.25, 0.3) is 10.6 Å². The third-order valence-corrected chi connectivity index (χ3v) is 5.60. The lowest BCUT2D eigenvalue weighted by molar-refractivity contribution is -0.116. The molecule has 1 aliphatic heterocycles. The van der Waals surface area contributed by atoms with E-state index in [1.165, 1.54) is 11.3 Å². The van der Waals surface area contributed by atoms with Crippen molar-refractivity contribution in [2.75, 3.05) is 10.6 Å². The summed E-state index contributed by atoms with van der Waals surface area (Å²) in [6.07, 6.45) is -0.829. The third kappa shape index (κ3) is 3.58. The predicted molar refractivity (Wildman–Crippen MR) is 120 cm³/mol. The van der Waals surface area contributed by atoms with Crippen molar-refractivity contribution in [1.29, 1.82) is 0 Å². The summed E-state index contributed by atoms with van der Waals surface area (Å²) in [5, 5.41) is 15.9. The Morgan fingerprint density at radius 1 is 0.800 bits per heavy atom. The lowest BCUT2D eigenvalue weighted by atomic mass is 10.0. The van der Waals surface area contributed by atoms with Gasteiger partial charge in [-0.1, -0.05) is 90.2 Å². The van der Waals surface area contributed by atoms with Crippen LogP contribution in [0.2, 0.25) is 0 Å². The molecular weight excluding hydrogens is 394 g/mol. The minimum atomic E-state index is -0.829. The molecule has 0 saturated carbocycles. The number of aliphatic imine (C=N–C) groups is 1. The van der Waals surface area contributed by atoms with Crippen LogP contribution in [0.15, 0.2) is 89.9 Å².